The van der Waals surface area contributed by atoms with Gasteiger partial charge in [0.15, 0.2) is 0 Å². The van der Waals surface area contributed by atoms with Crippen LogP contribution in [0.1, 0.15) is 96.1 Å². The summed E-state index contributed by atoms with van der Waals surface area (Å²) in [5, 5.41) is 12.6. The molecule has 1 fully saturated rings. The smallest absolute Gasteiger partial charge is 0.134 e. The Hall–Kier alpha value is -2.61. The maximum atomic E-state index is 9.24. The lowest BCUT2D eigenvalue weighted by Gasteiger charge is -2.28. The molecular formula is C27H39N5. The predicted octanol–water partition coefficient (Wildman–Crippen LogP) is 7.18. The molecule has 1 N–H and O–H groups in total. The van der Waals surface area contributed by atoms with E-state index in [4.69, 9.17) is 4.98 Å². The number of rotatable bonds is 11. The number of aromatic nitrogens is 2. The van der Waals surface area contributed by atoms with Gasteiger partial charge in [0.2, 0.25) is 0 Å². The zero-order valence-corrected chi connectivity index (χ0v) is 20.3. The largest absolute Gasteiger partial charge is 0.356 e. The van der Waals surface area contributed by atoms with Crippen LogP contribution in [-0.2, 0) is 0 Å². The maximum Gasteiger partial charge on any atom is 0.134 e. The van der Waals surface area contributed by atoms with Gasteiger partial charge in [0, 0.05) is 19.3 Å². The number of pyridine rings is 2. The van der Waals surface area contributed by atoms with Crippen LogP contribution in [0.3, 0.4) is 0 Å². The zero-order chi connectivity index (χ0) is 23.0. The Kier molecular flexibility index (Phi) is 8.50. The fourth-order valence-electron chi connectivity index (χ4n) is 5.20. The monoisotopic (exact) mass is 433 g/mol. The third kappa shape index (κ3) is 5.79. The first kappa shape index (κ1) is 24.0. The van der Waals surface area contributed by atoms with Crippen LogP contribution in [0.25, 0.3) is 0 Å². The molecule has 1 atom stereocenters. The summed E-state index contributed by atoms with van der Waals surface area (Å²) in [6.45, 7) is 11.3. The lowest BCUT2D eigenvalue weighted by atomic mass is 9.80. The van der Waals surface area contributed by atoms with Crippen LogP contribution in [0.15, 0.2) is 30.5 Å². The van der Waals surface area contributed by atoms with Crippen molar-refractivity contribution in [1.29, 1.82) is 5.26 Å². The van der Waals surface area contributed by atoms with E-state index < -0.39 is 0 Å². The van der Waals surface area contributed by atoms with Gasteiger partial charge in [-0.1, -0.05) is 47.0 Å². The summed E-state index contributed by atoms with van der Waals surface area (Å²) in [4.78, 5) is 11.9. The molecule has 3 rings (SSSR count). The van der Waals surface area contributed by atoms with Gasteiger partial charge in [0.25, 0.3) is 0 Å². The van der Waals surface area contributed by atoms with E-state index >= 15 is 0 Å². The number of hydrogen-bond donors (Lipinski definition) is 1. The van der Waals surface area contributed by atoms with Crippen LogP contribution in [0, 0.1) is 16.7 Å². The van der Waals surface area contributed by atoms with Gasteiger partial charge in [-0.3, -0.25) is 0 Å². The van der Waals surface area contributed by atoms with Crippen LogP contribution in [-0.4, -0.2) is 23.1 Å². The minimum atomic E-state index is 0.412. The zero-order valence-electron chi connectivity index (χ0n) is 20.3. The van der Waals surface area contributed by atoms with Gasteiger partial charge >= 0.3 is 0 Å². The fourth-order valence-corrected chi connectivity index (χ4v) is 5.20. The second kappa shape index (κ2) is 11.3. The van der Waals surface area contributed by atoms with Crippen molar-refractivity contribution in [3.05, 3.63) is 41.6 Å². The first-order valence-corrected chi connectivity index (χ1v) is 12.5. The molecule has 0 amide bonds. The Morgan fingerprint density at radius 2 is 1.88 bits per heavy atom. The van der Waals surface area contributed by atoms with Crippen molar-refractivity contribution in [2.24, 2.45) is 5.41 Å². The minimum absolute atomic E-state index is 0.412. The molecule has 0 spiro atoms. The van der Waals surface area contributed by atoms with E-state index in [1.165, 1.54) is 56.9 Å². The summed E-state index contributed by atoms with van der Waals surface area (Å²) in [5.41, 5.74) is 2.37. The van der Waals surface area contributed by atoms with E-state index in [2.05, 4.69) is 61.1 Å². The molecule has 1 unspecified atom stereocenters. The molecule has 3 heterocycles. The second-order valence-corrected chi connectivity index (χ2v) is 9.36. The highest BCUT2D eigenvalue weighted by molar-refractivity contribution is 5.59. The van der Waals surface area contributed by atoms with Crippen LogP contribution >= 0.6 is 0 Å². The van der Waals surface area contributed by atoms with E-state index in [1.54, 1.807) is 18.3 Å². The fraction of sp³-hybridized carbons (Fsp3) is 0.593. The van der Waals surface area contributed by atoms with Gasteiger partial charge < -0.3 is 10.2 Å². The van der Waals surface area contributed by atoms with E-state index in [0.717, 1.165) is 24.7 Å². The molecule has 0 bridgehead atoms. The number of nitrogens with one attached hydrogen (secondary N) is 1. The molecule has 0 radical (unpaired) electrons. The van der Waals surface area contributed by atoms with Crippen LogP contribution in [0.4, 0.5) is 17.5 Å². The molecule has 2 aromatic rings. The molecule has 5 nitrogen and oxygen atoms in total. The lowest BCUT2D eigenvalue weighted by molar-refractivity contribution is 0.284. The summed E-state index contributed by atoms with van der Waals surface area (Å²) in [6, 6.07) is 10.2. The van der Waals surface area contributed by atoms with Gasteiger partial charge in [-0.15, -0.1) is 0 Å². The number of anilines is 3. The Balaban J connectivity index is 1.96. The number of nitriles is 1. The van der Waals surface area contributed by atoms with Crippen molar-refractivity contribution in [1.82, 2.24) is 9.97 Å². The molecule has 0 saturated carbocycles. The van der Waals surface area contributed by atoms with Gasteiger partial charge in [0.05, 0.1) is 11.6 Å². The van der Waals surface area contributed by atoms with Gasteiger partial charge in [-0.05, 0) is 73.3 Å². The molecule has 1 saturated heterocycles. The van der Waals surface area contributed by atoms with E-state index in [-0.39, 0.29) is 0 Å². The highest BCUT2D eigenvalue weighted by Gasteiger charge is 2.36. The van der Waals surface area contributed by atoms with Crippen molar-refractivity contribution in [2.45, 2.75) is 85.0 Å². The molecule has 0 aliphatic carbocycles. The summed E-state index contributed by atoms with van der Waals surface area (Å²) in [7, 11) is 0. The second-order valence-electron chi connectivity index (χ2n) is 9.36. The summed E-state index contributed by atoms with van der Waals surface area (Å²) in [6.07, 6.45) is 11.4. The summed E-state index contributed by atoms with van der Waals surface area (Å²) < 4.78 is 0. The topological polar surface area (TPSA) is 64.8 Å². The summed E-state index contributed by atoms with van der Waals surface area (Å²) in [5.74, 6) is 3.10. The normalized spacial score (nSPS) is 18.2. The SMILES string of the molecule is CCCC(CCC)c1cc(Nc2cc(C#N)ccn2)nc(N2CCC(CC)(CCC)C2)c1. The average Bonchev–Trinajstić information content (AvgIpc) is 3.24. The summed E-state index contributed by atoms with van der Waals surface area (Å²) >= 11 is 0. The molecule has 1 aliphatic rings. The minimum Gasteiger partial charge on any atom is -0.356 e. The standard InChI is InChI=1S/C27H39N5/c1-5-9-22(10-6-2)23-17-25(30-24-16-21(19-28)11-14-29-24)31-26(18-23)32-15-13-27(8-4,20-32)12-7-3/h11,14,16-18,22H,5-10,12-13,15,20H2,1-4H3,(H,29,30,31). The van der Waals surface area contributed by atoms with Crippen LogP contribution in [0.5, 0.6) is 0 Å². The van der Waals surface area contributed by atoms with E-state index in [0.29, 0.717) is 22.7 Å². The highest BCUT2D eigenvalue weighted by atomic mass is 15.2. The Bertz CT molecular complexity index is 913. The highest BCUT2D eigenvalue weighted by Crippen LogP contribution is 2.41. The van der Waals surface area contributed by atoms with Crippen LogP contribution < -0.4 is 10.2 Å². The van der Waals surface area contributed by atoms with E-state index in [9.17, 15) is 5.26 Å². The Morgan fingerprint density at radius 3 is 2.53 bits per heavy atom. The van der Waals surface area contributed by atoms with Crippen molar-refractivity contribution in [2.75, 3.05) is 23.3 Å². The maximum absolute atomic E-state index is 9.24. The van der Waals surface area contributed by atoms with Gasteiger partial charge in [-0.2, -0.15) is 5.26 Å². The number of hydrogen-bond acceptors (Lipinski definition) is 5. The van der Waals surface area contributed by atoms with Crippen molar-refractivity contribution >= 4 is 17.5 Å². The third-order valence-electron chi connectivity index (χ3n) is 7.02. The third-order valence-corrected chi connectivity index (χ3v) is 7.02. The Morgan fingerprint density at radius 1 is 1.09 bits per heavy atom. The van der Waals surface area contributed by atoms with Crippen molar-refractivity contribution in [3.8, 4) is 6.07 Å². The molecule has 32 heavy (non-hydrogen) atoms. The van der Waals surface area contributed by atoms with Crippen molar-refractivity contribution in [3.63, 3.8) is 0 Å². The predicted molar refractivity (Wildman–Crippen MR) is 133 cm³/mol. The average molecular weight is 434 g/mol. The van der Waals surface area contributed by atoms with Crippen LogP contribution in [0.2, 0.25) is 0 Å². The molecule has 0 aromatic carbocycles. The number of nitrogens with zero attached hydrogens (tertiary/aromatic N) is 4. The van der Waals surface area contributed by atoms with Gasteiger partial charge in [-0.25, -0.2) is 9.97 Å². The van der Waals surface area contributed by atoms with Gasteiger partial charge in [0.1, 0.15) is 17.5 Å². The molecule has 2 aromatic heterocycles. The Labute approximate surface area is 194 Å². The first-order chi connectivity index (χ1) is 15.6. The lowest BCUT2D eigenvalue weighted by Crippen LogP contribution is -2.27. The molecular weight excluding hydrogens is 394 g/mol. The van der Waals surface area contributed by atoms with Crippen molar-refractivity contribution < 1.29 is 0 Å². The molecule has 172 valence electrons. The molecule has 5 heteroatoms. The van der Waals surface area contributed by atoms with E-state index in [1.807, 2.05) is 0 Å². The molecule has 1 aliphatic heterocycles. The first-order valence-electron chi connectivity index (χ1n) is 12.5. The quantitative estimate of drug-likeness (QED) is 0.406.